The Morgan fingerprint density at radius 1 is 0.209 bits per heavy atom. The van der Waals surface area contributed by atoms with Crippen molar-refractivity contribution in [1.29, 1.82) is 0 Å². The highest BCUT2D eigenvalue weighted by Crippen LogP contribution is 2.41. The van der Waals surface area contributed by atoms with Crippen molar-refractivity contribution in [2.24, 2.45) is 0 Å². The molecule has 0 atom stereocenters. The second kappa shape index (κ2) is 15.9. The van der Waals surface area contributed by atoms with Crippen LogP contribution in [0.3, 0.4) is 0 Å². The van der Waals surface area contributed by atoms with Gasteiger partial charge in [-0.05, 0) is 108 Å². The first-order chi connectivity index (χ1) is 33.2. The number of fused-ring (bicyclic) bond motifs is 9. The molecule has 13 aromatic rings. The molecule has 0 radical (unpaired) electrons. The van der Waals surface area contributed by atoms with Crippen LogP contribution in [0.15, 0.2) is 243 Å². The van der Waals surface area contributed by atoms with E-state index >= 15 is 0 Å². The summed E-state index contributed by atoms with van der Waals surface area (Å²) in [5, 5.41) is 9.83. The summed E-state index contributed by atoms with van der Waals surface area (Å²) >= 11 is 0. The fraction of sp³-hybridized carbons (Fsp3) is 0. The zero-order chi connectivity index (χ0) is 44.3. The average Bonchev–Trinajstić information content (AvgIpc) is 3.75. The lowest BCUT2D eigenvalue weighted by Crippen LogP contribution is -2.02. The molecule has 0 bridgehead atoms. The van der Waals surface area contributed by atoms with E-state index in [4.69, 9.17) is 15.0 Å². The Morgan fingerprint density at radius 2 is 0.612 bits per heavy atom. The standard InChI is InChI=1S/C63H40N4/c1-4-17-41(18-5-1)44-23-16-24-47(35-44)62-64-61(43-21-8-3-9-22-43)65-63(66-62)49-36-48(45-31-33-55-53-27-11-10-25-51(53)52-26-12-13-28-54(52)58(55)39-45)37-50(38-49)67-59-30-15-14-29-56(59)57-34-32-46(40-60(57)67)42-19-6-2-7-20-42/h1-40H. The fourth-order valence-corrected chi connectivity index (χ4v) is 10.0. The smallest absolute Gasteiger partial charge is 0.164 e. The zero-order valence-electron chi connectivity index (χ0n) is 36.4. The maximum atomic E-state index is 5.36. The molecule has 13 rings (SSSR count). The molecule has 0 saturated heterocycles. The molecule has 11 aromatic carbocycles. The van der Waals surface area contributed by atoms with Gasteiger partial charge in [-0.15, -0.1) is 0 Å². The van der Waals surface area contributed by atoms with Gasteiger partial charge in [0.1, 0.15) is 0 Å². The average molecular weight is 853 g/mol. The second-order valence-corrected chi connectivity index (χ2v) is 17.2. The number of hydrogen-bond donors (Lipinski definition) is 0. The minimum Gasteiger partial charge on any atom is -0.309 e. The van der Waals surface area contributed by atoms with E-state index in [1.165, 1.54) is 48.7 Å². The molecule has 2 heterocycles. The first kappa shape index (κ1) is 38.5. The Balaban J connectivity index is 1.09. The number of hydrogen-bond acceptors (Lipinski definition) is 3. The maximum Gasteiger partial charge on any atom is 0.164 e. The van der Waals surface area contributed by atoms with Gasteiger partial charge in [0.25, 0.3) is 0 Å². The monoisotopic (exact) mass is 852 g/mol. The number of nitrogens with zero attached hydrogens (tertiary/aromatic N) is 4. The third-order valence-electron chi connectivity index (χ3n) is 13.2. The van der Waals surface area contributed by atoms with Crippen molar-refractivity contribution >= 4 is 54.1 Å². The van der Waals surface area contributed by atoms with E-state index in [0.717, 1.165) is 61.2 Å². The minimum atomic E-state index is 0.597. The van der Waals surface area contributed by atoms with Gasteiger partial charge in [0.15, 0.2) is 17.5 Å². The molecule has 0 N–H and O–H groups in total. The van der Waals surface area contributed by atoms with Gasteiger partial charge in [0, 0.05) is 33.2 Å². The lowest BCUT2D eigenvalue weighted by molar-refractivity contribution is 1.07. The topological polar surface area (TPSA) is 43.6 Å². The lowest BCUT2D eigenvalue weighted by atomic mass is 9.91. The molecule has 4 nitrogen and oxygen atoms in total. The molecule has 0 aliphatic rings. The van der Waals surface area contributed by atoms with E-state index in [2.05, 4.69) is 223 Å². The summed E-state index contributed by atoms with van der Waals surface area (Å²) < 4.78 is 2.41. The highest BCUT2D eigenvalue weighted by Gasteiger charge is 2.19. The summed E-state index contributed by atoms with van der Waals surface area (Å²) in [6.07, 6.45) is 0. The van der Waals surface area contributed by atoms with Crippen LogP contribution < -0.4 is 0 Å². The van der Waals surface area contributed by atoms with Gasteiger partial charge in [-0.1, -0.05) is 200 Å². The van der Waals surface area contributed by atoms with Crippen LogP contribution >= 0.6 is 0 Å². The number of para-hydroxylation sites is 1. The molecular formula is C63H40N4. The number of rotatable bonds is 7. The molecule has 0 unspecified atom stereocenters. The first-order valence-corrected chi connectivity index (χ1v) is 22.8. The summed E-state index contributed by atoms with van der Waals surface area (Å²) in [4.78, 5) is 15.8. The van der Waals surface area contributed by atoms with E-state index in [1.807, 2.05) is 24.3 Å². The Hall–Kier alpha value is -8.99. The van der Waals surface area contributed by atoms with Crippen LogP contribution in [-0.4, -0.2) is 19.5 Å². The van der Waals surface area contributed by atoms with Gasteiger partial charge in [0.2, 0.25) is 0 Å². The normalized spacial score (nSPS) is 11.6. The second-order valence-electron chi connectivity index (χ2n) is 17.2. The van der Waals surface area contributed by atoms with Crippen LogP contribution in [0.25, 0.3) is 127 Å². The molecule has 4 heteroatoms. The molecular weight excluding hydrogens is 813 g/mol. The van der Waals surface area contributed by atoms with Gasteiger partial charge in [-0.2, -0.15) is 0 Å². The molecule has 0 aliphatic carbocycles. The molecule has 67 heavy (non-hydrogen) atoms. The SMILES string of the molecule is c1ccc(-c2cccc(-c3nc(-c4ccccc4)nc(-c4cc(-c5ccc6c7ccccc7c7ccccc7c6c5)cc(-n5c6ccccc6c6ccc(-c7ccccc7)cc65)c4)n3)c2)cc1. The summed E-state index contributed by atoms with van der Waals surface area (Å²) in [5.41, 5.74) is 12.7. The molecule has 0 spiro atoms. The van der Waals surface area contributed by atoms with Crippen LogP contribution in [0, 0.1) is 0 Å². The van der Waals surface area contributed by atoms with Gasteiger partial charge in [0.05, 0.1) is 11.0 Å². The lowest BCUT2D eigenvalue weighted by Gasteiger charge is -2.16. The number of aromatic nitrogens is 4. The van der Waals surface area contributed by atoms with E-state index in [9.17, 15) is 0 Å². The summed E-state index contributed by atoms with van der Waals surface area (Å²) in [7, 11) is 0. The van der Waals surface area contributed by atoms with Crippen LogP contribution in [0.1, 0.15) is 0 Å². The fourth-order valence-electron chi connectivity index (χ4n) is 10.0. The maximum absolute atomic E-state index is 5.36. The molecule has 0 aliphatic heterocycles. The molecule has 0 amide bonds. The van der Waals surface area contributed by atoms with Crippen molar-refractivity contribution in [2.75, 3.05) is 0 Å². The van der Waals surface area contributed by atoms with Crippen molar-refractivity contribution < 1.29 is 0 Å². The summed E-state index contributed by atoms with van der Waals surface area (Å²) in [5.74, 6) is 1.83. The largest absolute Gasteiger partial charge is 0.309 e. The Labute approximate surface area is 387 Å². The predicted octanol–water partition coefficient (Wildman–Crippen LogP) is 16.4. The molecule has 312 valence electrons. The van der Waals surface area contributed by atoms with Gasteiger partial charge in [-0.25, -0.2) is 15.0 Å². The Bertz CT molecular complexity index is 3990. The van der Waals surface area contributed by atoms with Gasteiger partial charge >= 0.3 is 0 Å². The minimum absolute atomic E-state index is 0.597. The first-order valence-electron chi connectivity index (χ1n) is 22.8. The van der Waals surface area contributed by atoms with Gasteiger partial charge < -0.3 is 4.57 Å². The molecule has 2 aromatic heterocycles. The summed E-state index contributed by atoms with van der Waals surface area (Å²) in [6.45, 7) is 0. The third-order valence-corrected chi connectivity index (χ3v) is 13.2. The quantitative estimate of drug-likeness (QED) is 0.150. The van der Waals surface area contributed by atoms with Crippen LogP contribution in [-0.2, 0) is 0 Å². The van der Waals surface area contributed by atoms with Crippen molar-refractivity contribution in [1.82, 2.24) is 19.5 Å². The van der Waals surface area contributed by atoms with Crippen LogP contribution in [0.5, 0.6) is 0 Å². The van der Waals surface area contributed by atoms with Crippen LogP contribution in [0.4, 0.5) is 0 Å². The third kappa shape index (κ3) is 6.74. The van der Waals surface area contributed by atoms with E-state index in [-0.39, 0.29) is 0 Å². The zero-order valence-corrected chi connectivity index (χ0v) is 36.4. The van der Waals surface area contributed by atoms with Crippen molar-refractivity contribution in [3.05, 3.63) is 243 Å². The Morgan fingerprint density at radius 3 is 1.25 bits per heavy atom. The predicted molar refractivity (Wildman–Crippen MR) is 279 cm³/mol. The van der Waals surface area contributed by atoms with E-state index in [0.29, 0.717) is 17.5 Å². The van der Waals surface area contributed by atoms with E-state index in [1.54, 1.807) is 0 Å². The van der Waals surface area contributed by atoms with Crippen molar-refractivity contribution in [2.45, 2.75) is 0 Å². The Kier molecular flexibility index (Phi) is 9.14. The molecule has 0 fully saturated rings. The summed E-state index contributed by atoms with van der Waals surface area (Å²) in [6, 6.07) is 86.7. The van der Waals surface area contributed by atoms with E-state index < -0.39 is 0 Å². The number of benzene rings is 11. The van der Waals surface area contributed by atoms with Crippen molar-refractivity contribution in [3.8, 4) is 73.2 Å². The van der Waals surface area contributed by atoms with Crippen molar-refractivity contribution in [3.63, 3.8) is 0 Å². The van der Waals surface area contributed by atoms with Crippen LogP contribution in [0.2, 0.25) is 0 Å². The molecule has 0 saturated carbocycles. The highest BCUT2D eigenvalue weighted by atomic mass is 15.0. The highest BCUT2D eigenvalue weighted by molar-refractivity contribution is 6.25. The van der Waals surface area contributed by atoms with Gasteiger partial charge in [-0.3, -0.25) is 0 Å².